The second-order valence-corrected chi connectivity index (χ2v) is 27.8. The molecule has 0 N–H and O–H groups in total. The van der Waals surface area contributed by atoms with Gasteiger partial charge in [-0.2, -0.15) is 0 Å². The van der Waals surface area contributed by atoms with E-state index in [2.05, 4.69) is 204 Å². The van der Waals surface area contributed by atoms with Crippen LogP contribution >= 0.6 is 11.6 Å². The first-order chi connectivity index (χ1) is 31.5. The number of hydrogen-bond acceptors (Lipinski definition) is 0. The molecule has 8 rings (SSSR count). The van der Waals surface area contributed by atoms with Crippen molar-refractivity contribution in [3.05, 3.63) is 118 Å². The largest absolute Gasteiger partial charge is 0.0882 e. The molecule has 5 aliphatic carbocycles. The van der Waals surface area contributed by atoms with Gasteiger partial charge >= 0.3 is 0 Å². The molecule has 386 valence electrons. The summed E-state index contributed by atoms with van der Waals surface area (Å²) in [5.41, 5.74) is 8.36. The zero-order valence-electron chi connectivity index (χ0n) is 48.4. The van der Waals surface area contributed by atoms with Gasteiger partial charge in [-0.25, -0.2) is 0 Å². The Labute approximate surface area is 430 Å². The van der Waals surface area contributed by atoms with Gasteiger partial charge in [-0.05, 0) is 161 Å². The Morgan fingerprint density at radius 2 is 0.824 bits per heavy atom. The summed E-state index contributed by atoms with van der Waals surface area (Å²) in [4.78, 5) is 0. The number of fused-ring (bicyclic) bond motifs is 1. The number of benzene rings is 3. The van der Waals surface area contributed by atoms with Crippen LogP contribution in [0, 0.1) is 51.2 Å². The molecule has 3 fully saturated rings. The summed E-state index contributed by atoms with van der Waals surface area (Å²) in [6, 6.07) is 27.4. The highest BCUT2D eigenvalue weighted by atomic mass is 35.5. The summed E-state index contributed by atoms with van der Waals surface area (Å²) >= 11 is 5.92. The summed E-state index contributed by atoms with van der Waals surface area (Å²) in [6.07, 6.45) is 27.5. The second-order valence-electron chi connectivity index (χ2n) is 27.4. The van der Waals surface area contributed by atoms with Crippen molar-refractivity contribution in [2.24, 2.45) is 51.2 Å². The van der Waals surface area contributed by atoms with Gasteiger partial charge in [-0.15, -0.1) is 0 Å². The molecule has 0 heterocycles. The van der Waals surface area contributed by atoms with Crippen LogP contribution in [0.3, 0.4) is 0 Å². The fraction of sp³-hybridized carbons (Fsp3) is 0.701. The third-order valence-corrected chi connectivity index (χ3v) is 16.5. The van der Waals surface area contributed by atoms with Gasteiger partial charge in [-0.3, -0.25) is 0 Å². The van der Waals surface area contributed by atoms with Crippen molar-refractivity contribution >= 4 is 11.6 Å². The molecule has 3 aromatic rings. The number of hydrogen-bond donors (Lipinski definition) is 0. The molecular formula is C67H111Cl. The SMILES string of the molecule is CC(C)(C)C1CC=CC1.CC(C)(C)C1CCC1.CC(C)(C)C1CCCC1.CC(C)(C)C1CCCCC1.CC(C)(C)c1ccccc1.CC(C)C1CCc2ccccc21.CC(C)c1ccccc1Cl. The maximum absolute atomic E-state index is 5.92. The number of rotatable bonds is 2. The van der Waals surface area contributed by atoms with Crippen LogP contribution < -0.4 is 0 Å². The van der Waals surface area contributed by atoms with Crippen LogP contribution in [0.15, 0.2) is 91.0 Å². The Kier molecular flexibility index (Phi) is 26.6. The zero-order chi connectivity index (χ0) is 51.3. The Balaban J connectivity index is 0.000000273. The van der Waals surface area contributed by atoms with E-state index in [1.165, 1.54) is 114 Å². The van der Waals surface area contributed by atoms with E-state index in [9.17, 15) is 0 Å². The smallest absolute Gasteiger partial charge is 0.0440 e. The predicted octanol–water partition coefficient (Wildman–Crippen LogP) is 22.5. The quantitative estimate of drug-likeness (QED) is 0.225. The normalized spacial score (nSPS) is 18.9. The second kappa shape index (κ2) is 29.3. The molecule has 0 saturated heterocycles. The first kappa shape index (κ1) is 61.8. The topological polar surface area (TPSA) is 0 Å². The highest BCUT2D eigenvalue weighted by Crippen LogP contribution is 2.42. The van der Waals surface area contributed by atoms with Crippen molar-refractivity contribution in [2.75, 3.05) is 0 Å². The molecule has 0 spiro atoms. The highest BCUT2D eigenvalue weighted by Gasteiger charge is 2.30. The van der Waals surface area contributed by atoms with Gasteiger partial charge in [0.05, 0.1) is 0 Å². The van der Waals surface area contributed by atoms with Crippen molar-refractivity contribution in [2.45, 2.75) is 252 Å². The molecule has 3 aromatic carbocycles. The lowest BCUT2D eigenvalue weighted by Gasteiger charge is -2.37. The molecule has 1 heteroatoms. The lowest BCUT2D eigenvalue weighted by molar-refractivity contribution is 0.141. The van der Waals surface area contributed by atoms with E-state index in [0.29, 0.717) is 33.0 Å². The van der Waals surface area contributed by atoms with Crippen LogP contribution in [0.2, 0.25) is 5.02 Å². The summed E-state index contributed by atoms with van der Waals surface area (Å²) in [5, 5.41) is 0.873. The molecule has 3 saturated carbocycles. The first-order valence-corrected chi connectivity index (χ1v) is 28.4. The summed E-state index contributed by atoms with van der Waals surface area (Å²) in [5.74, 6) is 6.09. The fourth-order valence-corrected chi connectivity index (χ4v) is 10.9. The minimum atomic E-state index is 0.293. The maximum atomic E-state index is 5.92. The van der Waals surface area contributed by atoms with Gasteiger partial charge in [-0.1, -0.05) is 267 Å². The molecule has 0 radical (unpaired) electrons. The Hall–Kier alpha value is -2.31. The molecular weight excluding hydrogens is 840 g/mol. The monoisotopic (exact) mass is 951 g/mol. The van der Waals surface area contributed by atoms with Gasteiger partial charge < -0.3 is 0 Å². The van der Waals surface area contributed by atoms with E-state index in [4.69, 9.17) is 11.6 Å². The maximum Gasteiger partial charge on any atom is 0.0440 e. The van der Waals surface area contributed by atoms with E-state index in [-0.39, 0.29) is 0 Å². The average Bonchev–Trinajstić information content (AvgIpc) is 4.05. The molecule has 1 unspecified atom stereocenters. The molecule has 0 nitrogen and oxygen atoms in total. The van der Waals surface area contributed by atoms with Gasteiger partial charge in [0, 0.05) is 5.02 Å². The van der Waals surface area contributed by atoms with Gasteiger partial charge in [0.1, 0.15) is 0 Å². The molecule has 0 aliphatic heterocycles. The van der Waals surface area contributed by atoms with Crippen LogP contribution in [-0.4, -0.2) is 0 Å². The van der Waals surface area contributed by atoms with Crippen LogP contribution in [0.5, 0.6) is 0 Å². The summed E-state index contributed by atoms with van der Waals surface area (Å²) in [6.45, 7) is 43.8. The lowest BCUT2D eigenvalue weighted by atomic mass is 9.69. The summed E-state index contributed by atoms with van der Waals surface area (Å²) in [7, 11) is 0. The molecule has 5 aliphatic rings. The van der Waals surface area contributed by atoms with Crippen LogP contribution in [-0.2, 0) is 11.8 Å². The van der Waals surface area contributed by atoms with Gasteiger partial charge in [0.2, 0.25) is 0 Å². The Morgan fingerprint density at radius 1 is 0.426 bits per heavy atom. The van der Waals surface area contributed by atoms with Gasteiger partial charge in [0.15, 0.2) is 0 Å². The highest BCUT2D eigenvalue weighted by molar-refractivity contribution is 6.31. The van der Waals surface area contributed by atoms with E-state index >= 15 is 0 Å². The fourth-order valence-electron chi connectivity index (χ4n) is 10.5. The number of allylic oxidation sites excluding steroid dienone is 2. The minimum Gasteiger partial charge on any atom is -0.0882 e. The zero-order valence-corrected chi connectivity index (χ0v) is 49.1. The average molecular weight is 952 g/mol. The minimum absolute atomic E-state index is 0.293. The number of aryl methyl sites for hydroxylation is 1. The van der Waals surface area contributed by atoms with E-state index in [1.54, 1.807) is 11.1 Å². The predicted molar refractivity (Wildman–Crippen MR) is 309 cm³/mol. The molecule has 0 bridgehead atoms. The van der Waals surface area contributed by atoms with E-state index < -0.39 is 0 Å². The summed E-state index contributed by atoms with van der Waals surface area (Å²) < 4.78 is 0. The van der Waals surface area contributed by atoms with Crippen LogP contribution in [0.4, 0.5) is 0 Å². The number of halogens is 1. The van der Waals surface area contributed by atoms with Gasteiger partial charge in [0.25, 0.3) is 0 Å². The molecule has 68 heavy (non-hydrogen) atoms. The Bertz CT molecular complexity index is 1750. The molecule has 0 aromatic heterocycles. The van der Waals surface area contributed by atoms with Crippen LogP contribution in [0.1, 0.15) is 262 Å². The standard InChI is InChI=1S/C12H16.C10H20.C10H14.C9H11Cl.C9H18.C9H16.C8H16/c1-9(2)11-8-7-10-5-3-4-6-12(10)11;2*1-10(2,3)9-7-5-4-6-8-9;1-7(2)8-5-3-4-6-9(8)10;2*1-9(2,3)8-6-4-5-7-8;1-8(2,3)7-5-4-6-7/h3-6,9,11H,7-8H2,1-2H3;9H,4-8H2,1-3H3;4-8H,1-3H3;3-7H,1-2H3;8H,4-7H2,1-3H3;4-5,8H,6-7H2,1-3H3;7H,4-6H2,1-3H3. The van der Waals surface area contributed by atoms with Crippen LogP contribution in [0.25, 0.3) is 0 Å². The van der Waals surface area contributed by atoms with E-state index in [0.717, 1.165) is 40.5 Å². The van der Waals surface area contributed by atoms with E-state index in [1.807, 2.05) is 18.2 Å². The molecule has 1 atom stereocenters. The first-order valence-electron chi connectivity index (χ1n) is 28.1. The lowest BCUT2D eigenvalue weighted by Crippen LogP contribution is -2.26. The Morgan fingerprint density at radius 3 is 1.15 bits per heavy atom. The van der Waals surface area contributed by atoms with Crippen molar-refractivity contribution in [1.82, 2.24) is 0 Å². The van der Waals surface area contributed by atoms with Crippen molar-refractivity contribution in [3.63, 3.8) is 0 Å². The van der Waals surface area contributed by atoms with Crippen molar-refractivity contribution < 1.29 is 0 Å². The molecule has 0 amide bonds. The van der Waals surface area contributed by atoms with Crippen molar-refractivity contribution in [3.8, 4) is 0 Å². The third-order valence-electron chi connectivity index (χ3n) is 16.1. The van der Waals surface area contributed by atoms with Crippen molar-refractivity contribution in [1.29, 1.82) is 0 Å². The third kappa shape index (κ3) is 23.7.